The lowest BCUT2D eigenvalue weighted by atomic mass is 9.93. The van der Waals surface area contributed by atoms with Crippen molar-refractivity contribution in [3.63, 3.8) is 0 Å². The van der Waals surface area contributed by atoms with Gasteiger partial charge in [-0.1, -0.05) is 55.0 Å². The average molecular weight is 462 g/mol. The zero-order valence-electron chi connectivity index (χ0n) is 19.8. The number of carbonyl (C=O) groups excluding carboxylic acids is 2. The Labute approximate surface area is 202 Å². The third-order valence-electron chi connectivity index (χ3n) is 7.46. The van der Waals surface area contributed by atoms with E-state index in [2.05, 4.69) is 59.2 Å². The number of hydrogen-bond donors (Lipinski definition) is 2. The van der Waals surface area contributed by atoms with Crippen LogP contribution in [0.2, 0.25) is 0 Å². The van der Waals surface area contributed by atoms with Gasteiger partial charge in [-0.2, -0.15) is 0 Å². The molecule has 2 N–H and O–H groups in total. The lowest BCUT2D eigenvalue weighted by Crippen LogP contribution is -2.52. The molecule has 180 valence electrons. The van der Waals surface area contributed by atoms with Gasteiger partial charge in [-0.25, -0.2) is 4.79 Å². The molecule has 3 atom stereocenters. The van der Waals surface area contributed by atoms with Gasteiger partial charge in [-0.3, -0.25) is 4.79 Å². The van der Waals surface area contributed by atoms with Crippen LogP contribution in [0, 0.1) is 0 Å². The van der Waals surface area contributed by atoms with E-state index < -0.39 is 0 Å². The monoisotopic (exact) mass is 461 g/mol. The highest BCUT2D eigenvalue weighted by Gasteiger charge is 2.39. The summed E-state index contributed by atoms with van der Waals surface area (Å²) in [5.74, 6) is -0.0386. The fourth-order valence-corrected chi connectivity index (χ4v) is 5.63. The van der Waals surface area contributed by atoms with Crippen LogP contribution < -0.4 is 10.6 Å². The predicted molar refractivity (Wildman–Crippen MR) is 133 cm³/mol. The molecule has 5 rings (SSSR count). The van der Waals surface area contributed by atoms with E-state index in [1.54, 1.807) is 0 Å². The van der Waals surface area contributed by atoms with E-state index >= 15 is 0 Å². The van der Waals surface area contributed by atoms with Crippen LogP contribution in [-0.2, 0) is 22.4 Å². The van der Waals surface area contributed by atoms with Gasteiger partial charge in [-0.15, -0.1) is 0 Å². The first-order valence-electron chi connectivity index (χ1n) is 12.8. The van der Waals surface area contributed by atoms with Crippen LogP contribution in [0.25, 0.3) is 11.1 Å². The highest BCUT2D eigenvalue weighted by atomic mass is 16.5. The summed E-state index contributed by atoms with van der Waals surface area (Å²) in [5.41, 5.74) is 5.07. The largest absolute Gasteiger partial charge is 0.368 e. The van der Waals surface area contributed by atoms with Crippen LogP contribution in [0.5, 0.6) is 0 Å². The van der Waals surface area contributed by atoms with Gasteiger partial charge in [-0.05, 0) is 67.2 Å². The molecule has 3 aliphatic heterocycles. The number of urea groups is 1. The van der Waals surface area contributed by atoms with Crippen molar-refractivity contribution < 1.29 is 14.3 Å². The summed E-state index contributed by atoms with van der Waals surface area (Å²) in [5, 5.41) is 6.35. The molecule has 2 aromatic rings. The van der Waals surface area contributed by atoms with Crippen molar-refractivity contribution in [1.29, 1.82) is 0 Å². The average Bonchev–Trinajstić information content (AvgIpc) is 3.52. The molecule has 2 aromatic carbocycles. The molecule has 2 fully saturated rings. The third-order valence-corrected chi connectivity index (χ3v) is 7.46. The van der Waals surface area contributed by atoms with E-state index in [4.69, 9.17) is 4.74 Å². The third kappa shape index (κ3) is 5.12. The fraction of sp³-hybridized carbons (Fsp3) is 0.500. The number of nitrogens with zero attached hydrogens (tertiary/aromatic N) is 1. The first-order chi connectivity index (χ1) is 16.7. The molecule has 34 heavy (non-hydrogen) atoms. The number of aryl methyl sites for hydroxylation is 1. The number of rotatable bonds is 2. The van der Waals surface area contributed by atoms with Crippen LogP contribution in [0.3, 0.4) is 0 Å². The summed E-state index contributed by atoms with van der Waals surface area (Å²) in [4.78, 5) is 27.8. The van der Waals surface area contributed by atoms with Crippen molar-refractivity contribution in [3.05, 3.63) is 59.7 Å². The quantitative estimate of drug-likeness (QED) is 0.708. The normalized spacial score (nSPS) is 25.5. The number of fused-ring (bicyclic) bond motifs is 5. The standard InChI is InChI=1S/C28H35N3O3/c32-27(26-13-7-17-34-26)30-24-14-16-31-25(24)19-20-8-6-11-22(18-20)23-12-4-3-10-21(23)9-2-1-5-15-29-28(31)33/h3-4,6,8,10-12,18,24-26H,1-2,5,7,9,13-17,19H2,(H,29,33)(H,30,32). The maximum Gasteiger partial charge on any atom is 0.317 e. The predicted octanol–water partition coefficient (Wildman–Crippen LogP) is 4.07. The number of carbonyl (C=O) groups is 2. The molecule has 0 aromatic heterocycles. The second kappa shape index (κ2) is 10.6. The Balaban J connectivity index is 1.43. The molecule has 3 unspecified atom stereocenters. The molecule has 0 aliphatic carbocycles. The first kappa shape index (κ1) is 22.9. The number of amides is 3. The smallest absolute Gasteiger partial charge is 0.317 e. The Morgan fingerprint density at radius 3 is 2.82 bits per heavy atom. The summed E-state index contributed by atoms with van der Waals surface area (Å²) in [6, 6.07) is 17.2. The zero-order valence-corrected chi connectivity index (χ0v) is 19.8. The van der Waals surface area contributed by atoms with Gasteiger partial charge in [0.15, 0.2) is 0 Å². The summed E-state index contributed by atoms with van der Waals surface area (Å²) in [6.07, 6.45) is 7.02. The van der Waals surface area contributed by atoms with Gasteiger partial charge >= 0.3 is 6.03 Å². The molecule has 6 nitrogen and oxygen atoms in total. The molecular weight excluding hydrogens is 426 g/mol. The maximum atomic E-state index is 13.1. The minimum absolute atomic E-state index is 0.0202. The highest BCUT2D eigenvalue weighted by Crippen LogP contribution is 2.29. The lowest BCUT2D eigenvalue weighted by Gasteiger charge is -2.29. The van der Waals surface area contributed by atoms with E-state index in [0.29, 0.717) is 26.1 Å². The molecule has 2 saturated heterocycles. The molecule has 2 bridgehead atoms. The topological polar surface area (TPSA) is 70.7 Å². The van der Waals surface area contributed by atoms with Crippen LogP contribution in [0.15, 0.2) is 48.5 Å². The van der Waals surface area contributed by atoms with Crippen molar-refractivity contribution in [2.75, 3.05) is 19.7 Å². The van der Waals surface area contributed by atoms with Crippen molar-refractivity contribution in [3.8, 4) is 11.1 Å². The van der Waals surface area contributed by atoms with E-state index in [1.165, 1.54) is 22.3 Å². The summed E-state index contributed by atoms with van der Waals surface area (Å²) in [7, 11) is 0. The second-order valence-electron chi connectivity index (χ2n) is 9.77. The number of hydrogen-bond acceptors (Lipinski definition) is 3. The van der Waals surface area contributed by atoms with Crippen molar-refractivity contribution in [1.82, 2.24) is 15.5 Å². The highest BCUT2D eigenvalue weighted by molar-refractivity contribution is 5.82. The number of ether oxygens (including phenoxy) is 1. The Hall–Kier alpha value is -2.86. The fourth-order valence-electron chi connectivity index (χ4n) is 5.63. The molecule has 3 aliphatic rings. The summed E-state index contributed by atoms with van der Waals surface area (Å²) < 4.78 is 5.60. The van der Waals surface area contributed by atoms with E-state index in [0.717, 1.165) is 44.9 Å². The Kier molecular flexibility index (Phi) is 7.14. The molecule has 3 heterocycles. The summed E-state index contributed by atoms with van der Waals surface area (Å²) in [6.45, 7) is 1.98. The Morgan fingerprint density at radius 1 is 1.03 bits per heavy atom. The van der Waals surface area contributed by atoms with Gasteiger partial charge in [0.1, 0.15) is 6.10 Å². The lowest BCUT2D eigenvalue weighted by molar-refractivity contribution is -0.130. The SMILES string of the molecule is O=C(NC1CCN2C(=O)NCCCCCc3ccccc3-c3cccc(c3)CC12)C1CCCO1. The van der Waals surface area contributed by atoms with Crippen LogP contribution in [-0.4, -0.2) is 54.7 Å². The second-order valence-corrected chi connectivity index (χ2v) is 9.77. The van der Waals surface area contributed by atoms with Crippen molar-refractivity contribution >= 4 is 11.9 Å². The van der Waals surface area contributed by atoms with Crippen molar-refractivity contribution in [2.24, 2.45) is 0 Å². The van der Waals surface area contributed by atoms with Gasteiger partial charge in [0.05, 0.1) is 12.1 Å². The number of nitrogens with one attached hydrogen (secondary N) is 2. The van der Waals surface area contributed by atoms with E-state index in [-0.39, 0.29) is 30.1 Å². The molecule has 3 amide bonds. The minimum Gasteiger partial charge on any atom is -0.368 e. The Bertz CT molecular complexity index is 1020. The summed E-state index contributed by atoms with van der Waals surface area (Å²) >= 11 is 0. The van der Waals surface area contributed by atoms with Crippen LogP contribution in [0.4, 0.5) is 4.79 Å². The zero-order chi connectivity index (χ0) is 23.3. The van der Waals surface area contributed by atoms with Gasteiger partial charge < -0.3 is 20.3 Å². The Morgan fingerprint density at radius 2 is 1.94 bits per heavy atom. The van der Waals surface area contributed by atoms with Crippen molar-refractivity contribution in [2.45, 2.75) is 69.6 Å². The van der Waals surface area contributed by atoms with Gasteiger partial charge in [0, 0.05) is 19.7 Å². The molecule has 0 spiro atoms. The molecule has 0 saturated carbocycles. The maximum absolute atomic E-state index is 13.1. The van der Waals surface area contributed by atoms with Gasteiger partial charge in [0.2, 0.25) is 5.91 Å². The van der Waals surface area contributed by atoms with Gasteiger partial charge in [0.25, 0.3) is 0 Å². The molecule has 6 heteroatoms. The molecular formula is C28H35N3O3. The number of benzene rings is 2. The van der Waals surface area contributed by atoms with Crippen LogP contribution >= 0.6 is 0 Å². The van der Waals surface area contributed by atoms with E-state index in [1.807, 2.05) is 4.90 Å². The van der Waals surface area contributed by atoms with Crippen LogP contribution in [0.1, 0.15) is 49.7 Å². The molecule has 0 radical (unpaired) electrons. The first-order valence-corrected chi connectivity index (χ1v) is 12.8. The minimum atomic E-state index is -0.357. The van der Waals surface area contributed by atoms with E-state index in [9.17, 15) is 9.59 Å².